The van der Waals surface area contributed by atoms with Gasteiger partial charge in [0.25, 0.3) is 0 Å². The van der Waals surface area contributed by atoms with E-state index in [0.29, 0.717) is 24.5 Å². The molecule has 2 aliphatic carbocycles. The van der Waals surface area contributed by atoms with Crippen LogP contribution in [0.25, 0.3) is 11.1 Å². The van der Waals surface area contributed by atoms with Crippen LogP contribution in [-0.2, 0) is 16.0 Å². The molecular weight excluding hydrogens is 360 g/mol. The number of methoxy groups -OCH3 is 1. The van der Waals surface area contributed by atoms with Crippen LogP contribution in [0.15, 0.2) is 60.7 Å². The number of rotatable bonds is 6. The fourth-order valence-electron chi connectivity index (χ4n) is 5.88. The second kappa shape index (κ2) is 7.14. The Bertz CT molecular complexity index is 958. The van der Waals surface area contributed by atoms with E-state index in [1.807, 2.05) is 24.3 Å². The van der Waals surface area contributed by atoms with Gasteiger partial charge in [0.2, 0.25) is 0 Å². The number of fused-ring (bicyclic) bond motifs is 2. The number of ether oxygens (including phenoxy) is 1. The number of aromatic hydroxyl groups is 1. The van der Waals surface area contributed by atoms with Gasteiger partial charge in [-0.25, -0.2) is 0 Å². The summed E-state index contributed by atoms with van der Waals surface area (Å²) < 4.78 is 5.86. The van der Waals surface area contributed by atoms with E-state index in [2.05, 4.69) is 32.6 Å². The van der Waals surface area contributed by atoms with Crippen molar-refractivity contribution in [2.75, 3.05) is 7.11 Å². The number of phenolic OH excluding ortho intramolecular Hbond substituents is 1. The highest BCUT2D eigenvalue weighted by molar-refractivity contribution is 5.89. The molecule has 0 aromatic heterocycles. The fraction of sp³-hybridized carbons (Fsp3) is 0.423. The van der Waals surface area contributed by atoms with Crippen molar-refractivity contribution >= 4 is 5.78 Å². The van der Waals surface area contributed by atoms with E-state index in [4.69, 9.17) is 4.74 Å². The van der Waals surface area contributed by atoms with Gasteiger partial charge in [-0.05, 0) is 48.1 Å². The minimum absolute atomic E-state index is 0.0453. The third-order valence-electron chi connectivity index (χ3n) is 7.57. The van der Waals surface area contributed by atoms with Crippen LogP contribution >= 0.6 is 0 Å². The van der Waals surface area contributed by atoms with Gasteiger partial charge in [0, 0.05) is 24.9 Å². The molecule has 2 fully saturated rings. The van der Waals surface area contributed by atoms with Crippen molar-refractivity contribution in [3.63, 3.8) is 0 Å². The summed E-state index contributed by atoms with van der Waals surface area (Å²) in [5.74, 6) is 0.860. The Morgan fingerprint density at radius 3 is 2.55 bits per heavy atom. The summed E-state index contributed by atoms with van der Waals surface area (Å²) in [6.07, 6.45) is 3.06. The van der Waals surface area contributed by atoms with Crippen LogP contribution in [0.1, 0.15) is 38.7 Å². The van der Waals surface area contributed by atoms with E-state index in [1.54, 1.807) is 19.2 Å². The molecule has 4 rings (SSSR count). The van der Waals surface area contributed by atoms with Gasteiger partial charge in [0.05, 0.1) is 11.5 Å². The Morgan fingerprint density at radius 2 is 1.86 bits per heavy atom. The fourth-order valence-corrected chi connectivity index (χ4v) is 5.88. The average molecular weight is 391 g/mol. The van der Waals surface area contributed by atoms with Crippen molar-refractivity contribution in [1.29, 1.82) is 0 Å². The standard InChI is InChI=1S/C26H30O3/c1-17-22-13-14-26(24(22)29-4,25(17,2)3)23(28)12-11-18-7-5-8-19(15-18)20-9-6-10-21(27)16-20/h5-10,15-16,22,24,27H,1,11-14H2,2-4H3/t22-,24-,26-/m0/s1. The molecule has 2 saturated carbocycles. The Hall–Kier alpha value is -2.39. The molecule has 2 bridgehead atoms. The maximum atomic E-state index is 13.6. The summed E-state index contributed by atoms with van der Waals surface area (Å²) in [6.45, 7) is 8.67. The van der Waals surface area contributed by atoms with Crippen molar-refractivity contribution in [3.8, 4) is 16.9 Å². The van der Waals surface area contributed by atoms with Gasteiger partial charge >= 0.3 is 0 Å². The lowest BCUT2D eigenvalue weighted by Crippen LogP contribution is -2.47. The highest BCUT2D eigenvalue weighted by Gasteiger charge is 2.68. The van der Waals surface area contributed by atoms with Gasteiger partial charge in [0.15, 0.2) is 0 Å². The second-order valence-corrected chi connectivity index (χ2v) is 9.10. The minimum atomic E-state index is -0.452. The van der Waals surface area contributed by atoms with Gasteiger partial charge in [-0.1, -0.05) is 62.4 Å². The lowest BCUT2D eigenvalue weighted by atomic mass is 9.60. The molecule has 2 aliphatic rings. The summed E-state index contributed by atoms with van der Waals surface area (Å²) >= 11 is 0. The summed E-state index contributed by atoms with van der Waals surface area (Å²) in [6, 6.07) is 15.5. The predicted molar refractivity (Wildman–Crippen MR) is 116 cm³/mol. The monoisotopic (exact) mass is 390 g/mol. The van der Waals surface area contributed by atoms with Gasteiger partial charge in [0.1, 0.15) is 11.5 Å². The number of hydrogen-bond donors (Lipinski definition) is 1. The smallest absolute Gasteiger partial charge is 0.142 e. The Labute approximate surface area is 173 Å². The molecule has 0 unspecified atom stereocenters. The van der Waals surface area contributed by atoms with E-state index in [-0.39, 0.29) is 17.3 Å². The number of phenols is 1. The van der Waals surface area contributed by atoms with Crippen molar-refractivity contribution in [2.24, 2.45) is 16.7 Å². The third-order valence-corrected chi connectivity index (χ3v) is 7.57. The number of Topliss-reactive ketones (excluding diaryl/α,β-unsaturated/α-hetero) is 1. The first-order valence-electron chi connectivity index (χ1n) is 10.4. The molecule has 0 saturated heterocycles. The normalized spacial score (nSPS) is 27.3. The SMILES string of the molecule is C=C1[C@@H]2CC[C@](C(=O)CCc3cccc(-c4cccc(O)c4)c3)([C@H]2OC)C1(C)C. The Kier molecular flexibility index (Phi) is 4.90. The molecule has 3 nitrogen and oxygen atoms in total. The number of benzene rings is 2. The number of ketones is 1. The number of carbonyl (C=O) groups is 1. The van der Waals surface area contributed by atoms with Crippen molar-refractivity contribution in [1.82, 2.24) is 0 Å². The highest BCUT2D eigenvalue weighted by Crippen LogP contribution is 2.67. The molecule has 152 valence electrons. The van der Waals surface area contributed by atoms with E-state index in [1.165, 1.54) is 5.57 Å². The average Bonchev–Trinajstić information content (AvgIpc) is 3.18. The molecule has 2 aromatic rings. The summed E-state index contributed by atoms with van der Waals surface area (Å²) in [7, 11) is 1.73. The molecule has 0 amide bonds. The van der Waals surface area contributed by atoms with Crippen molar-refractivity contribution in [3.05, 3.63) is 66.2 Å². The summed E-state index contributed by atoms with van der Waals surface area (Å²) in [5, 5.41) is 9.76. The molecule has 1 N–H and O–H groups in total. The van der Waals surface area contributed by atoms with Crippen molar-refractivity contribution < 1.29 is 14.6 Å². The lowest BCUT2D eigenvalue weighted by molar-refractivity contribution is -0.141. The molecule has 29 heavy (non-hydrogen) atoms. The van der Waals surface area contributed by atoms with Crippen LogP contribution in [0.3, 0.4) is 0 Å². The second-order valence-electron chi connectivity index (χ2n) is 9.10. The van der Waals surface area contributed by atoms with Gasteiger partial charge < -0.3 is 9.84 Å². The predicted octanol–water partition coefficient (Wildman–Crippen LogP) is 5.57. The molecule has 0 heterocycles. The Balaban J connectivity index is 1.55. The zero-order chi connectivity index (χ0) is 20.8. The Morgan fingerprint density at radius 1 is 1.17 bits per heavy atom. The zero-order valence-electron chi connectivity index (χ0n) is 17.6. The largest absolute Gasteiger partial charge is 0.508 e. The number of aryl methyl sites for hydroxylation is 1. The van der Waals surface area contributed by atoms with E-state index >= 15 is 0 Å². The van der Waals surface area contributed by atoms with E-state index < -0.39 is 5.41 Å². The van der Waals surface area contributed by atoms with Crippen LogP contribution in [0.4, 0.5) is 0 Å². The first-order valence-corrected chi connectivity index (χ1v) is 10.4. The number of hydrogen-bond acceptors (Lipinski definition) is 3. The highest BCUT2D eigenvalue weighted by atomic mass is 16.5. The zero-order valence-corrected chi connectivity index (χ0v) is 17.6. The van der Waals surface area contributed by atoms with Crippen LogP contribution < -0.4 is 0 Å². The topological polar surface area (TPSA) is 46.5 Å². The van der Waals surface area contributed by atoms with Crippen LogP contribution in [0.2, 0.25) is 0 Å². The first kappa shape index (κ1) is 19.9. The minimum Gasteiger partial charge on any atom is -0.508 e. The molecule has 3 atom stereocenters. The van der Waals surface area contributed by atoms with Crippen molar-refractivity contribution in [2.45, 2.75) is 45.6 Å². The molecular formula is C26H30O3. The quantitative estimate of drug-likeness (QED) is 0.656. The maximum absolute atomic E-state index is 13.6. The molecule has 0 spiro atoms. The molecule has 0 aliphatic heterocycles. The maximum Gasteiger partial charge on any atom is 0.142 e. The van der Waals surface area contributed by atoms with Crippen LogP contribution in [0, 0.1) is 16.7 Å². The van der Waals surface area contributed by atoms with E-state index in [0.717, 1.165) is 29.5 Å². The number of carbonyl (C=O) groups excluding carboxylic acids is 1. The van der Waals surface area contributed by atoms with E-state index in [9.17, 15) is 9.90 Å². The summed E-state index contributed by atoms with van der Waals surface area (Å²) in [5.41, 5.74) is 3.66. The van der Waals surface area contributed by atoms with Crippen LogP contribution in [-0.4, -0.2) is 24.1 Å². The molecule has 2 aromatic carbocycles. The summed E-state index contributed by atoms with van der Waals surface area (Å²) in [4.78, 5) is 13.6. The van der Waals surface area contributed by atoms with Gasteiger partial charge in [-0.3, -0.25) is 4.79 Å². The van der Waals surface area contributed by atoms with Crippen LogP contribution in [0.5, 0.6) is 5.75 Å². The molecule has 0 radical (unpaired) electrons. The lowest BCUT2D eigenvalue weighted by Gasteiger charge is -2.43. The first-order chi connectivity index (χ1) is 13.8. The van der Waals surface area contributed by atoms with Gasteiger partial charge in [-0.15, -0.1) is 0 Å². The third kappa shape index (κ3) is 2.95. The molecule has 3 heteroatoms. The van der Waals surface area contributed by atoms with Gasteiger partial charge in [-0.2, -0.15) is 0 Å².